The van der Waals surface area contributed by atoms with E-state index in [9.17, 15) is 4.79 Å². The van der Waals surface area contributed by atoms with E-state index in [2.05, 4.69) is 10.2 Å². The van der Waals surface area contributed by atoms with Crippen LogP contribution in [-0.2, 0) is 16.1 Å². The third-order valence-corrected chi connectivity index (χ3v) is 9.00. The Bertz CT molecular complexity index is 1600. The van der Waals surface area contributed by atoms with Gasteiger partial charge in [-0.25, -0.2) is 9.97 Å². The van der Waals surface area contributed by atoms with E-state index in [-0.39, 0.29) is 17.3 Å². The Labute approximate surface area is 258 Å². The quantitative estimate of drug-likeness (QED) is 0.189. The van der Waals surface area contributed by atoms with Gasteiger partial charge in [0.1, 0.15) is 17.3 Å². The van der Waals surface area contributed by atoms with Gasteiger partial charge in [0.15, 0.2) is 5.82 Å². The number of anilines is 4. The van der Waals surface area contributed by atoms with Crippen molar-refractivity contribution in [2.75, 3.05) is 43.8 Å². The van der Waals surface area contributed by atoms with E-state index in [1.165, 1.54) is 7.11 Å². The molecule has 9 heteroatoms. The van der Waals surface area contributed by atoms with Gasteiger partial charge in [-0.05, 0) is 73.4 Å². The number of hydrogen-bond acceptors (Lipinski definition) is 9. The Morgan fingerprint density at radius 3 is 2.45 bits per heavy atom. The highest BCUT2D eigenvalue weighted by Crippen LogP contribution is 2.61. The number of carbonyl (C=O) groups excluding carboxylic acids is 1. The molecule has 228 valence electrons. The summed E-state index contributed by atoms with van der Waals surface area (Å²) in [4.78, 5) is 23.9. The summed E-state index contributed by atoms with van der Waals surface area (Å²) >= 11 is 0. The molecule has 2 aromatic heterocycles. The fourth-order valence-corrected chi connectivity index (χ4v) is 6.81. The normalized spacial score (nSPS) is 20.2. The van der Waals surface area contributed by atoms with Crippen molar-refractivity contribution >= 4 is 29.0 Å². The number of esters is 1. The van der Waals surface area contributed by atoms with Crippen LogP contribution in [0.2, 0.25) is 0 Å². The summed E-state index contributed by atoms with van der Waals surface area (Å²) in [6, 6.07) is 23.8. The third kappa shape index (κ3) is 6.13. The minimum absolute atomic E-state index is 0.0548. The molecule has 2 aliphatic carbocycles. The highest BCUT2D eigenvalue weighted by Gasteiger charge is 2.55. The van der Waals surface area contributed by atoms with Crippen molar-refractivity contribution < 1.29 is 19.0 Å². The average Bonchev–Trinajstić information content (AvgIpc) is 3.02. The highest BCUT2D eigenvalue weighted by atomic mass is 16.5. The number of rotatable bonds is 11. The van der Waals surface area contributed by atoms with Crippen LogP contribution in [0.5, 0.6) is 11.5 Å². The summed E-state index contributed by atoms with van der Waals surface area (Å²) in [5.74, 6) is 3.48. The van der Waals surface area contributed by atoms with Crippen molar-refractivity contribution in [3.63, 3.8) is 0 Å². The molecule has 2 heterocycles. The van der Waals surface area contributed by atoms with Crippen LogP contribution in [-0.4, -0.2) is 43.8 Å². The number of benzene rings is 2. The van der Waals surface area contributed by atoms with E-state index in [1.807, 2.05) is 79.0 Å². The van der Waals surface area contributed by atoms with E-state index in [0.29, 0.717) is 24.0 Å². The zero-order valence-corrected chi connectivity index (χ0v) is 25.5. The van der Waals surface area contributed by atoms with Crippen molar-refractivity contribution in [2.24, 2.45) is 17.3 Å². The van der Waals surface area contributed by atoms with E-state index in [4.69, 9.17) is 29.9 Å². The molecular weight excluding hydrogens is 554 g/mol. The molecule has 1 spiro atoms. The molecule has 4 aromatic rings. The van der Waals surface area contributed by atoms with Gasteiger partial charge < -0.3 is 30.2 Å². The molecule has 0 unspecified atom stereocenters. The van der Waals surface area contributed by atoms with E-state index < -0.39 is 0 Å². The maximum absolute atomic E-state index is 11.9. The summed E-state index contributed by atoms with van der Waals surface area (Å²) in [7, 11) is 4.81. The number of pyridine rings is 2. The average molecular weight is 594 g/mol. The van der Waals surface area contributed by atoms with Crippen LogP contribution in [0.3, 0.4) is 0 Å². The number of nitrogens with two attached hydrogens (primary N) is 1. The lowest BCUT2D eigenvalue weighted by atomic mass is 9.48. The van der Waals surface area contributed by atoms with Crippen molar-refractivity contribution in [3.8, 4) is 22.8 Å². The SMILES string of the molecule is COC(=O)C1CC2(CC(CN(Cc3ccc(OC)cc3OC)c3ccc(Nc4nc(-c5ccccc5)ccc4N)cn3)C2)C1. The van der Waals surface area contributed by atoms with Gasteiger partial charge in [-0.1, -0.05) is 30.3 Å². The lowest BCUT2D eigenvalue weighted by Crippen LogP contribution is -2.52. The fourth-order valence-electron chi connectivity index (χ4n) is 6.81. The van der Waals surface area contributed by atoms with Crippen molar-refractivity contribution in [2.45, 2.75) is 32.2 Å². The number of nitrogens with zero attached hydrogens (tertiary/aromatic N) is 3. The number of methoxy groups -OCH3 is 3. The maximum atomic E-state index is 11.9. The van der Waals surface area contributed by atoms with E-state index in [1.54, 1.807) is 14.2 Å². The van der Waals surface area contributed by atoms with Crippen LogP contribution in [0, 0.1) is 17.3 Å². The van der Waals surface area contributed by atoms with Crippen LogP contribution in [0.25, 0.3) is 11.3 Å². The Kier molecular flexibility index (Phi) is 8.28. The minimum Gasteiger partial charge on any atom is -0.497 e. The Morgan fingerprint density at radius 1 is 0.977 bits per heavy atom. The molecule has 3 N–H and O–H groups in total. The lowest BCUT2D eigenvalue weighted by Gasteiger charge is -2.57. The lowest BCUT2D eigenvalue weighted by molar-refractivity contribution is -0.161. The summed E-state index contributed by atoms with van der Waals surface area (Å²) in [5.41, 5.74) is 10.8. The largest absolute Gasteiger partial charge is 0.497 e. The second-order valence-electron chi connectivity index (χ2n) is 12.0. The predicted octanol–water partition coefficient (Wildman–Crippen LogP) is 6.47. The predicted molar refractivity (Wildman–Crippen MR) is 172 cm³/mol. The monoisotopic (exact) mass is 593 g/mol. The van der Waals surface area contributed by atoms with Crippen LogP contribution in [0.4, 0.5) is 23.0 Å². The first-order valence-electron chi connectivity index (χ1n) is 15.0. The maximum Gasteiger partial charge on any atom is 0.308 e. The smallest absolute Gasteiger partial charge is 0.308 e. The van der Waals surface area contributed by atoms with E-state index >= 15 is 0 Å². The number of nitrogens with one attached hydrogen (secondary N) is 1. The number of aromatic nitrogens is 2. The Balaban J connectivity index is 1.19. The summed E-state index contributed by atoms with van der Waals surface area (Å²) in [6.45, 7) is 1.49. The zero-order chi connectivity index (χ0) is 30.7. The van der Waals surface area contributed by atoms with Gasteiger partial charge in [0.2, 0.25) is 0 Å². The van der Waals surface area contributed by atoms with Gasteiger partial charge in [0, 0.05) is 30.3 Å². The molecule has 9 nitrogen and oxygen atoms in total. The van der Waals surface area contributed by atoms with Crippen LogP contribution in [0.1, 0.15) is 31.2 Å². The summed E-state index contributed by atoms with van der Waals surface area (Å²) in [5, 5.41) is 3.35. The van der Waals surface area contributed by atoms with Gasteiger partial charge in [-0.2, -0.15) is 0 Å². The first kappa shape index (κ1) is 29.3. The topological polar surface area (TPSA) is 112 Å². The van der Waals surface area contributed by atoms with Crippen molar-refractivity contribution in [1.29, 1.82) is 0 Å². The van der Waals surface area contributed by atoms with Gasteiger partial charge in [0.25, 0.3) is 0 Å². The molecule has 2 aliphatic rings. The number of ether oxygens (including phenoxy) is 3. The number of carbonyl (C=O) groups is 1. The van der Waals surface area contributed by atoms with E-state index in [0.717, 1.165) is 72.1 Å². The Morgan fingerprint density at radius 2 is 1.77 bits per heavy atom. The first-order chi connectivity index (χ1) is 21.4. The van der Waals surface area contributed by atoms with Crippen LogP contribution in [0.15, 0.2) is 79.0 Å². The molecule has 44 heavy (non-hydrogen) atoms. The third-order valence-electron chi connectivity index (χ3n) is 9.00. The Hall–Kier alpha value is -4.79. The van der Waals surface area contributed by atoms with Crippen molar-refractivity contribution in [3.05, 3.63) is 84.6 Å². The molecule has 0 saturated heterocycles. The molecular formula is C35H39N5O4. The molecule has 0 atom stereocenters. The zero-order valence-electron chi connectivity index (χ0n) is 25.5. The van der Waals surface area contributed by atoms with Gasteiger partial charge >= 0.3 is 5.97 Å². The molecule has 2 aromatic carbocycles. The van der Waals surface area contributed by atoms with Crippen LogP contribution >= 0.6 is 0 Å². The van der Waals surface area contributed by atoms with Gasteiger partial charge in [0.05, 0.1) is 50.5 Å². The fraction of sp³-hybridized carbons (Fsp3) is 0.343. The molecule has 6 rings (SSSR count). The molecule has 0 bridgehead atoms. The second kappa shape index (κ2) is 12.4. The molecule has 0 aliphatic heterocycles. The summed E-state index contributed by atoms with van der Waals surface area (Å²) < 4.78 is 16.1. The standard InChI is InChI=1S/C35H39N5O4/c1-42-28-11-9-25(31(15-28)43-2)22-40(21-23-16-35(17-23)18-26(19-35)34(41)44-3)32-14-10-27(20-37-32)38-33-29(36)12-13-30(39-33)24-7-5-4-6-8-24/h4-15,20,23,26H,16-19,21-22,36H2,1-3H3,(H,38,39). The second-order valence-corrected chi connectivity index (χ2v) is 12.0. The molecule has 2 saturated carbocycles. The molecule has 0 amide bonds. The van der Waals surface area contributed by atoms with Crippen molar-refractivity contribution in [1.82, 2.24) is 9.97 Å². The number of hydrogen-bond donors (Lipinski definition) is 2. The molecule has 0 radical (unpaired) electrons. The highest BCUT2D eigenvalue weighted by molar-refractivity contribution is 5.74. The molecule has 2 fully saturated rings. The minimum atomic E-state index is -0.0750. The first-order valence-corrected chi connectivity index (χ1v) is 15.0. The van der Waals surface area contributed by atoms with Gasteiger partial charge in [-0.15, -0.1) is 0 Å². The summed E-state index contributed by atoms with van der Waals surface area (Å²) in [6.07, 6.45) is 5.91. The van der Waals surface area contributed by atoms with Crippen LogP contribution < -0.4 is 25.4 Å². The number of nitrogen functional groups attached to an aromatic ring is 1. The van der Waals surface area contributed by atoms with Gasteiger partial charge in [-0.3, -0.25) is 4.79 Å².